The van der Waals surface area contributed by atoms with Gasteiger partial charge in [-0.25, -0.2) is 0 Å². The fourth-order valence-electron chi connectivity index (χ4n) is 2.90. The maximum atomic E-state index is 12.6. The van der Waals surface area contributed by atoms with Gasteiger partial charge in [-0.2, -0.15) is 5.26 Å². The Bertz CT molecular complexity index is 1280. The van der Waals surface area contributed by atoms with Crippen LogP contribution in [0, 0.1) is 28.6 Å². The lowest BCUT2D eigenvalue weighted by Crippen LogP contribution is -2.13. The molecule has 0 aliphatic heterocycles. The van der Waals surface area contributed by atoms with E-state index in [2.05, 4.69) is 50.5 Å². The predicted octanol–water partition coefficient (Wildman–Crippen LogP) is 5.94. The minimum Gasteiger partial charge on any atom is -0.497 e. The molecule has 3 aromatic carbocycles. The van der Waals surface area contributed by atoms with E-state index in [-0.39, 0.29) is 17.9 Å². The number of nitrogens with zero attached hydrogens (tertiary/aromatic N) is 2. The van der Waals surface area contributed by atoms with Gasteiger partial charge in [-0.1, -0.05) is 12.1 Å². The number of hydrogen-bond acceptors (Lipinski definition) is 6. The molecule has 0 heterocycles. The molecule has 34 heavy (non-hydrogen) atoms. The molecule has 0 unspecified atom stereocenters. The third kappa shape index (κ3) is 6.67. The second kappa shape index (κ2) is 11.8. The summed E-state index contributed by atoms with van der Waals surface area (Å²) in [5, 5.41) is 23.2. The molecule has 0 aliphatic carbocycles. The number of non-ortho nitro benzene ring substituents is 1. The number of hydrogen-bond donors (Lipinski definition) is 1. The molecule has 0 atom stereocenters. The van der Waals surface area contributed by atoms with E-state index in [0.717, 1.165) is 7.14 Å². The van der Waals surface area contributed by atoms with Gasteiger partial charge < -0.3 is 14.8 Å². The SMILES string of the molecule is COc1ccc(NC(=O)/C(C#N)=C\c2cc(I)c(OCc3cccc([N+](=O)[O-])c3)c(I)c2)cc1. The molecule has 8 nitrogen and oxygen atoms in total. The number of halogens is 2. The Morgan fingerprint density at radius 3 is 2.41 bits per heavy atom. The van der Waals surface area contributed by atoms with E-state index < -0.39 is 10.8 Å². The lowest BCUT2D eigenvalue weighted by atomic mass is 10.1. The molecule has 0 saturated heterocycles. The van der Waals surface area contributed by atoms with E-state index >= 15 is 0 Å². The number of ether oxygens (including phenoxy) is 2. The van der Waals surface area contributed by atoms with Gasteiger partial charge >= 0.3 is 0 Å². The van der Waals surface area contributed by atoms with Crippen LogP contribution in [0.4, 0.5) is 11.4 Å². The molecule has 3 rings (SSSR count). The normalized spacial score (nSPS) is 10.8. The van der Waals surface area contributed by atoms with E-state index in [1.807, 2.05) is 6.07 Å². The molecular weight excluding hydrogens is 664 g/mol. The summed E-state index contributed by atoms with van der Waals surface area (Å²) in [6.07, 6.45) is 1.51. The number of rotatable bonds is 8. The second-order valence-corrected chi connectivity index (χ2v) is 9.21. The van der Waals surface area contributed by atoms with Crippen molar-refractivity contribution in [3.05, 3.63) is 94.6 Å². The highest BCUT2D eigenvalue weighted by molar-refractivity contribution is 14.1. The van der Waals surface area contributed by atoms with Gasteiger partial charge in [0.2, 0.25) is 0 Å². The maximum absolute atomic E-state index is 12.6. The van der Waals surface area contributed by atoms with Crippen LogP contribution in [0.5, 0.6) is 11.5 Å². The first-order chi connectivity index (χ1) is 16.3. The van der Waals surface area contributed by atoms with Gasteiger partial charge in [0.25, 0.3) is 11.6 Å². The quantitative estimate of drug-likeness (QED) is 0.104. The van der Waals surface area contributed by atoms with E-state index in [1.54, 1.807) is 55.6 Å². The molecule has 0 fully saturated rings. The summed E-state index contributed by atoms with van der Waals surface area (Å²) in [7, 11) is 1.55. The van der Waals surface area contributed by atoms with Crippen LogP contribution in [0.15, 0.2) is 66.2 Å². The Kier molecular flexibility index (Phi) is 8.83. The summed E-state index contributed by atoms with van der Waals surface area (Å²) in [5.41, 5.74) is 1.83. The lowest BCUT2D eigenvalue weighted by Gasteiger charge is -2.12. The number of carbonyl (C=O) groups is 1. The maximum Gasteiger partial charge on any atom is 0.269 e. The average molecular weight is 681 g/mol. The van der Waals surface area contributed by atoms with Gasteiger partial charge in [-0.05, 0) is 98.8 Å². The van der Waals surface area contributed by atoms with Gasteiger partial charge in [-0.15, -0.1) is 0 Å². The molecular formula is C24H17I2N3O5. The Morgan fingerprint density at radius 1 is 1.15 bits per heavy atom. The molecule has 0 aromatic heterocycles. The number of amides is 1. The molecule has 0 saturated carbocycles. The number of methoxy groups -OCH3 is 1. The highest BCUT2D eigenvalue weighted by atomic mass is 127. The number of nitro groups is 1. The van der Waals surface area contributed by atoms with E-state index in [1.165, 1.54) is 18.2 Å². The van der Waals surface area contributed by atoms with Crippen LogP contribution in [0.2, 0.25) is 0 Å². The van der Waals surface area contributed by atoms with Crippen LogP contribution in [0.1, 0.15) is 11.1 Å². The third-order valence-electron chi connectivity index (χ3n) is 4.55. The molecule has 1 amide bonds. The minimum atomic E-state index is -0.524. The van der Waals surface area contributed by atoms with Gasteiger partial charge in [0.1, 0.15) is 29.7 Å². The largest absolute Gasteiger partial charge is 0.497 e. The summed E-state index contributed by atoms with van der Waals surface area (Å²) >= 11 is 4.22. The molecule has 0 bridgehead atoms. The molecule has 0 radical (unpaired) electrons. The Morgan fingerprint density at radius 2 is 1.82 bits per heavy atom. The van der Waals surface area contributed by atoms with Crippen molar-refractivity contribution in [3.63, 3.8) is 0 Å². The van der Waals surface area contributed by atoms with Crippen molar-refractivity contribution in [2.24, 2.45) is 0 Å². The number of nitro benzene ring substituents is 1. The van der Waals surface area contributed by atoms with Crippen molar-refractivity contribution in [1.29, 1.82) is 5.26 Å². The first-order valence-corrected chi connectivity index (χ1v) is 11.9. The predicted molar refractivity (Wildman–Crippen MR) is 145 cm³/mol. The van der Waals surface area contributed by atoms with Crippen LogP contribution < -0.4 is 14.8 Å². The lowest BCUT2D eigenvalue weighted by molar-refractivity contribution is -0.384. The van der Waals surface area contributed by atoms with Crippen LogP contribution in [-0.2, 0) is 11.4 Å². The standard InChI is InChI=1S/C24H17I2N3O5/c1-33-20-7-5-18(6-8-20)28-24(30)17(13-27)9-16-11-21(25)23(22(26)12-16)34-14-15-3-2-4-19(10-15)29(31)32/h2-12H,14H2,1H3,(H,28,30)/b17-9-. The van der Waals surface area contributed by atoms with Gasteiger partial charge in [0.05, 0.1) is 19.2 Å². The summed E-state index contributed by atoms with van der Waals surface area (Å²) in [5.74, 6) is 0.751. The summed E-state index contributed by atoms with van der Waals surface area (Å²) in [4.78, 5) is 23.1. The fraction of sp³-hybridized carbons (Fsp3) is 0.0833. The average Bonchev–Trinajstić information content (AvgIpc) is 2.82. The molecule has 3 aromatic rings. The molecule has 0 spiro atoms. The van der Waals surface area contributed by atoms with Crippen molar-refractivity contribution < 1.29 is 19.2 Å². The van der Waals surface area contributed by atoms with Gasteiger partial charge in [0, 0.05) is 17.8 Å². The highest BCUT2D eigenvalue weighted by Crippen LogP contribution is 2.31. The number of nitrogens with one attached hydrogen (secondary N) is 1. The monoisotopic (exact) mass is 681 g/mol. The van der Waals surface area contributed by atoms with Crippen LogP contribution in [0.25, 0.3) is 6.08 Å². The number of carbonyl (C=O) groups excluding carboxylic acids is 1. The first kappa shape index (κ1) is 25.4. The highest BCUT2D eigenvalue weighted by Gasteiger charge is 2.14. The van der Waals surface area contributed by atoms with Crippen LogP contribution in [-0.4, -0.2) is 17.9 Å². The summed E-state index contributed by atoms with van der Waals surface area (Å²) in [6, 6.07) is 18.6. The van der Waals surface area contributed by atoms with Crippen molar-refractivity contribution in [2.45, 2.75) is 6.61 Å². The number of anilines is 1. The summed E-state index contributed by atoms with van der Waals surface area (Å²) < 4.78 is 12.5. The number of benzene rings is 3. The Labute approximate surface area is 223 Å². The van der Waals surface area contributed by atoms with Crippen molar-refractivity contribution >= 4 is 68.5 Å². The van der Waals surface area contributed by atoms with Crippen molar-refractivity contribution in [3.8, 4) is 17.6 Å². The molecule has 10 heteroatoms. The zero-order valence-electron chi connectivity index (χ0n) is 17.7. The molecule has 172 valence electrons. The Hall–Kier alpha value is -3.18. The van der Waals surface area contributed by atoms with E-state index in [0.29, 0.717) is 28.3 Å². The van der Waals surface area contributed by atoms with Gasteiger partial charge in [0.15, 0.2) is 0 Å². The second-order valence-electron chi connectivity index (χ2n) is 6.88. The van der Waals surface area contributed by atoms with Crippen molar-refractivity contribution in [1.82, 2.24) is 0 Å². The van der Waals surface area contributed by atoms with Crippen LogP contribution >= 0.6 is 45.2 Å². The minimum absolute atomic E-state index is 0.00271. The van der Waals surface area contributed by atoms with Gasteiger partial charge in [-0.3, -0.25) is 14.9 Å². The van der Waals surface area contributed by atoms with E-state index in [9.17, 15) is 20.2 Å². The smallest absolute Gasteiger partial charge is 0.269 e. The zero-order chi connectivity index (χ0) is 24.7. The van der Waals surface area contributed by atoms with Crippen molar-refractivity contribution in [2.75, 3.05) is 12.4 Å². The Balaban J connectivity index is 1.75. The van der Waals surface area contributed by atoms with E-state index in [4.69, 9.17) is 9.47 Å². The summed E-state index contributed by atoms with van der Waals surface area (Å²) in [6.45, 7) is 0.163. The van der Waals surface area contributed by atoms with Crippen LogP contribution in [0.3, 0.4) is 0 Å². The molecule has 0 aliphatic rings. The fourth-order valence-corrected chi connectivity index (χ4v) is 5.03. The number of nitriles is 1. The zero-order valence-corrected chi connectivity index (χ0v) is 22.1. The first-order valence-electron chi connectivity index (χ1n) is 9.73. The third-order valence-corrected chi connectivity index (χ3v) is 6.15. The molecule has 1 N–H and O–H groups in total. The topological polar surface area (TPSA) is 114 Å².